The number of pyridine rings is 1. The van der Waals surface area contributed by atoms with Gasteiger partial charge in [0, 0.05) is 37.3 Å². The standard InChI is InChI=1S/C28H29F2N7O3/c1-4-11-36-25(38)19-15-31-26(34-24(19)37(36)23-7-5-6-22(33-23)27(2,3)39)32-17-8-9-20-21(13-17)40-16-18-14-28(29,30)10-12-35(18)20/h4-9,13,15,18,39H,1,10-12,14,16H2,2-3H3,(H,31,32,34)/t18-/m1/s1. The number of rotatable bonds is 6. The van der Waals surface area contributed by atoms with Crippen LogP contribution in [0.25, 0.3) is 16.9 Å². The molecule has 2 N–H and O–H groups in total. The highest BCUT2D eigenvalue weighted by molar-refractivity contribution is 5.77. The smallest absolute Gasteiger partial charge is 0.278 e. The number of ether oxygens (including phenoxy) is 1. The lowest BCUT2D eigenvalue weighted by atomic mass is 9.96. The van der Waals surface area contributed by atoms with Gasteiger partial charge in [0.1, 0.15) is 23.3 Å². The van der Waals surface area contributed by atoms with Crippen molar-refractivity contribution in [2.24, 2.45) is 0 Å². The zero-order chi connectivity index (χ0) is 28.2. The fraction of sp³-hybridized carbons (Fsp3) is 0.357. The topological polar surface area (TPSA) is 110 Å². The molecule has 1 aromatic carbocycles. The second-order valence-corrected chi connectivity index (χ2v) is 10.6. The van der Waals surface area contributed by atoms with Crippen molar-refractivity contribution in [3.05, 3.63) is 71.3 Å². The maximum Gasteiger partial charge on any atom is 0.278 e. The summed E-state index contributed by atoms with van der Waals surface area (Å²) in [6.07, 6.45) is 2.65. The molecule has 2 aliphatic rings. The first-order valence-electron chi connectivity index (χ1n) is 13.0. The molecule has 4 aromatic rings. The largest absolute Gasteiger partial charge is 0.489 e. The van der Waals surface area contributed by atoms with Crippen LogP contribution in [0, 0.1) is 0 Å². The number of aliphatic hydroxyl groups is 1. The zero-order valence-corrected chi connectivity index (χ0v) is 22.1. The molecule has 1 atom stereocenters. The number of hydrogen-bond donors (Lipinski definition) is 2. The van der Waals surface area contributed by atoms with Crippen LogP contribution in [0.3, 0.4) is 0 Å². The Kier molecular flexibility index (Phi) is 6.10. The Morgan fingerprint density at radius 3 is 2.88 bits per heavy atom. The van der Waals surface area contributed by atoms with Crippen LogP contribution in [0.4, 0.5) is 26.1 Å². The van der Waals surface area contributed by atoms with Crippen LogP contribution in [0.15, 0.2) is 60.0 Å². The fourth-order valence-electron chi connectivity index (χ4n) is 5.24. The van der Waals surface area contributed by atoms with Gasteiger partial charge in [-0.1, -0.05) is 12.1 Å². The number of hydrogen-bond acceptors (Lipinski definition) is 8. The van der Waals surface area contributed by atoms with Crippen molar-refractivity contribution < 1.29 is 18.6 Å². The van der Waals surface area contributed by atoms with Crippen LogP contribution >= 0.6 is 0 Å². The lowest BCUT2D eigenvalue weighted by Gasteiger charge is -2.44. The van der Waals surface area contributed by atoms with Crippen molar-refractivity contribution in [1.29, 1.82) is 0 Å². The molecule has 208 valence electrons. The Balaban J connectivity index is 1.36. The Bertz CT molecular complexity index is 1670. The van der Waals surface area contributed by atoms with Crippen LogP contribution in [0.1, 0.15) is 32.4 Å². The minimum absolute atomic E-state index is 0.183. The fourth-order valence-corrected chi connectivity index (χ4v) is 5.24. The number of halogens is 2. The molecule has 0 bridgehead atoms. The van der Waals surface area contributed by atoms with Crippen LogP contribution in [-0.2, 0) is 12.1 Å². The second kappa shape index (κ2) is 9.40. The van der Waals surface area contributed by atoms with Crippen LogP contribution < -0.4 is 20.5 Å². The molecule has 0 unspecified atom stereocenters. The van der Waals surface area contributed by atoms with Crippen molar-refractivity contribution >= 4 is 28.4 Å². The summed E-state index contributed by atoms with van der Waals surface area (Å²) in [5.41, 5.74) is 0.693. The van der Waals surface area contributed by atoms with E-state index in [1.54, 1.807) is 48.9 Å². The van der Waals surface area contributed by atoms with Crippen molar-refractivity contribution in [1.82, 2.24) is 24.3 Å². The quantitative estimate of drug-likeness (QED) is 0.346. The van der Waals surface area contributed by atoms with E-state index in [1.807, 2.05) is 17.0 Å². The Hall–Kier alpha value is -4.32. The Labute approximate surface area is 228 Å². The monoisotopic (exact) mass is 549 g/mol. The van der Waals surface area contributed by atoms with Gasteiger partial charge in [-0.05, 0) is 38.1 Å². The molecule has 1 saturated heterocycles. The lowest BCUT2D eigenvalue weighted by molar-refractivity contribution is -0.0400. The van der Waals surface area contributed by atoms with Gasteiger partial charge < -0.3 is 20.1 Å². The number of aromatic nitrogens is 5. The molecule has 1 fully saturated rings. The number of piperidine rings is 1. The Morgan fingerprint density at radius 1 is 1.27 bits per heavy atom. The number of anilines is 3. The number of nitrogens with zero attached hydrogens (tertiary/aromatic N) is 6. The van der Waals surface area contributed by atoms with E-state index in [0.717, 1.165) is 5.69 Å². The Morgan fingerprint density at radius 2 is 2.10 bits per heavy atom. The summed E-state index contributed by atoms with van der Waals surface area (Å²) < 4.78 is 36.7. The van der Waals surface area contributed by atoms with E-state index >= 15 is 0 Å². The predicted molar refractivity (Wildman–Crippen MR) is 147 cm³/mol. The number of fused-ring (bicyclic) bond motifs is 4. The summed E-state index contributed by atoms with van der Waals surface area (Å²) in [5.74, 6) is -1.44. The van der Waals surface area contributed by atoms with E-state index in [1.165, 1.54) is 10.9 Å². The number of nitrogens with one attached hydrogen (secondary N) is 1. The summed E-state index contributed by atoms with van der Waals surface area (Å²) in [4.78, 5) is 28.8. The lowest BCUT2D eigenvalue weighted by Crippen LogP contribution is -2.51. The third-order valence-corrected chi connectivity index (χ3v) is 7.21. The first-order valence-corrected chi connectivity index (χ1v) is 13.0. The molecule has 0 aliphatic carbocycles. The minimum Gasteiger partial charge on any atom is -0.489 e. The van der Waals surface area contributed by atoms with E-state index < -0.39 is 11.5 Å². The molecule has 5 heterocycles. The molecule has 3 aromatic heterocycles. The third kappa shape index (κ3) is 4.57. The van der Waals surface area contributed by atoms with E-state index in [-0.39, 0.29) is 50.1 Å². The summed E-state index contributed by atoms with van der Waals surface area (Å²) in [5, 5.41) is 13.9. The number of allylic oxidation sites excluding steroid dienone is 1. The van der Waals surface area contributed by atoms with Gasteiger partial charge >= 0.3 is 0 Å². The third-order valence-electron chi connectivity index (χ3n) is 7.21. The molecular weight excluding hydrogens is 520 g/mol. The van der Waals surface area contributed by atoms with E-state index in [9.17, 15) is 18.7 Å². The molecule has 0 radical (unpaired) electrons. The molecule has 12 heteroatoms. The van der Waals surface area contributed by atoms with Gasteiger partial charge in [0.2, 0.25) is 5.95 Å². The summed E-state index contributed by atoms with van der Waals surface area (Å²) in [6.45, 7) is 7.70. The van der Waals surface area contributed by atoms with Gasteiger partial charge in [0.25, 0.3) is 11.5 Å². The summed E-state index contributed by atoms with van der Waals surface area (Å²) in [7, 11) is 0. The average molecular weight is 550 g/mol. The highest BCUT2D eigenvalue weighted by Crippen LogP contribution is 2.42. The number of alkyl halides is 2. The summed E-state index contributed by atoms with van der Waals surface area (Å²) >= 11 is 0. The van der Waals surface area contributed by atoms with E-state index in [0.29, 0.717) is 34.0 Å². The van der Waals surface area contributed by atoms with Crippen LogP contribution in [0.2, 0.25) is 0 Å². The molecular formula is C28H29F2N7O3. The maximum absolute atomic E-state index is 13.9. The molecule has 0 saturated carbocycles. The van der Waals surface area contributed by atoms with E-state index in [2.05, 4.69) is 26.8 Å². The SMILES string of the molecule is C=CCn1c(=O)c2cnc(Nc3ccc4c(c3)OC[C@H]3CC(F)(F)CCN43)nc2n1-c1cccc(C(C)(C)O)n1. The van der Waals surface area contributed by atoms with Gasteiger partial charge in [0.05, 0.1) is 24.0 Å². The molecule has 6 rings (SSSR count). The van der Waals surface area contributed by atoms with Crippen molar-refractivity contribution in [3.63, 3.8) is 0 Å². The van der Waals surface area contributed by atoms with Crippen LogP contribution in [0.5, 0.6) is 5.75 Å². The second-order valence-electron chi connectivity index (χ2n) is 10.6. The average Bonchev–Trinajstić information content (AvgIpc) is 3.18. The first-order chi connectivity index (χ1) is 19.0. The number of benzene rings is 1. The normalized spacial score (nSPS) is 18.1. The van der Waals surface area contributed by atoms with Crippen LogP contribution in [-0.4, -0.2) is 54.5 Å². The van der Waals surface area contributed by atoms with Crippen molar-refractivity contribution in [3.8, 4) is 11.6 Å². The molecule has 0 spiro atoms. The highest BCUT2D eigenvalue weighted by Gasteiger charge is 2.43. The van der Waals surface area contributed by atoms with Crippen molar-refractivity contribution in [2.75, 3.05) is 23.4 Å². The van der Waals surface area contributed by atoms with Gasteiger partial charge in [-0.3, -0.25) is 4.79 Å². The first kappa shape index (κ1) is 25.9. The van der Waals surface area contributed by atoms with E-state index in [4.69, 9.17) is 4.74 Å². The van der Waals surface area contributed by atoms with Crippen molar-refractivity contribution in [2.45, 2.75) is 50.8 Å². The van der Waals surface area contributed by atoms with Gasteiger partial charge in [0.15, 0.2) is 11.5 Å². The molecule has 0 amide bonds. The van der Waals surface area contributed by atoms with Gasteiger partial charge in [-0.25, -0.2) is 28.1 Å². The highest BCUT2D eigenvalue weighted by atomic mass is 19.3. The van der Waals surface area contributed by atoms with Gasteiger partial charge in [-0.2, -0.15) is 4.98 Å². The predicted octanol–water partition coefficient (Wildman–Crippen LogP) is 4.13. The van der Waals surface area contributed by atoms with Gasteiger partial charge in [-0.15, -0.1) is 6.58 Å². The summed E-state index contributed by atoms with van der Waals surface area (Å²) in [6, 6.07) is 10.3. The zero-order valence-electron chi connectivity index (χ0n) is 22.1. The minimum atomic E-state index is -2.67. The maximum atomic E-state index is 13.9. The molecule has 2 aliphatic heterocycles. The molecule has 40 heavy (non-hydrogen) atoms. The molecule has 10 nitrogen and oxygen atoms in total.